The predicted molar refractivity (Wildman–Crippen MR) is 58.6 cm³/mol. The van der Waals surface area contributed by atoms with Gasteiger partial charge in [0.2, 0.25) is 0 Å². The van der Waals surface area contributed by atoms with Gasteiger partial charge in [0.15, 0.2) is 0 Å². The number of carboxylic acids is 1. The van der Waals surface area contributed by atoms with Crippen LogP contribution in [0.15, 0.2) is 0 Å². The Kier molecular flexibility index (Phi) is 9.67. The van der Waals surface area contributed by atoms with Gasteiger partial charge in [-0.15, -0.1) is 0 Å². The number of unbranched alkanes of at least 4 members (excludes halogenated alkanes) is 6. The van der Waals surface area contributed by atoms with Crippen molar-refractivity contribution in [1.29, 1.82) is 0 Å². The third-order valence-corrected chi connectivity index (χ3v) is 1.97. The van der Waals surface area contributed by atoms with Crippen LogP contribution in [-0.2, 0) is 4.79 Å². The third-order valence-electron chi connectivity index (χ3n) is 1.97. The van der Waals surface area contributed by atoms with E-state index in [4.69, 9.17) is 0 Å². The van der Waals surface area contributed by atoms with Crippen molar-refractivity contribution in [3.8, 4) is 23.7 Å². The van der Waals surface area contributed by atoms with Crippen LogP contribution in [0.25, 0.3) is 0 Å². The van der Waals surface area contributed by atoms with Gasteiger partial charge in [0, 0.05) is 6.42 Å². The van der Waals surface area contributed by atoms with Crippen LogP contribution in [0.2, 0.25) is 0 Å². The second-order valence-electron chi connectivity index (χ2n) is 3.36. The molecule has 15 heavy (non-hydrogen) atoms. The Labute approximate surface area is 92.1 Å². The highest BCUT2D eigenvalue weighted by atomic mass is 16.4. The van der Waals surface area contributed by atoms with E-state index >= 15 is 0 Å². The Balaban J connectivity index is 3.31. The molecule has 0 radical (unpaired) electrons. The highest BCUT2D eigenvalue weighted by Gasteiger charge is 1.87. The molecule has 0 aliphatic heterocycles. The quantitative estimate of drug-likeness (QED) is 0.487. The zero-order valence-corrected chi connectivity index (χ0v) is 9.27. The van der Waals surface area contributed by atoms with Crippen LogP contribution in [0.3, 0.4) is 0 Å². The molecule has 0 saturated carbocycles. The minimum Gasteiger partial charge on any atom is -0.537 e. The highest BCUT2D eigenvalue weighted by molar-refractivity contribution is 5.85. The first-order valence-electron chi connectivity index (χ1n) is 5.47. The zero-order valence-electron chi connectivity index (χ0n) is 9.27. The zero-order chi connectivity index (χ0) is 11.4. The monoisotopic (exact) mass is 205 g/mol. The van der Waals surface area contributed by atoms with E-state index in [0.717, 1.165) is 12.8 Å². The van der Waals surface area contributed by atoms with E-state index in [1.54, 1.807) is 0 Å². The minimum absolute atomic E-state index is 0.799. The van der Waals surface area contributed by atoms with Crippen LogP contribution in [0.5, 0.6) is 0 Å². The molecule has 2 heteroatoms. The summed E-state index contributed by atoms with van der Waals surface area (Å²) in [5.74, 6) is 8.00. The number of hydrogen-bond donors (Lipinski definition) is 0. The molecule has 0 unspecified atom stereocenters. The van der Waals surface area contributed by atoms with E-state index in [1.165, 1.54) is 32.1 Å². The van der Waals surface area contributed by atoms with Crippen molar-refractivity contribution in [3.63, 3.8) is 0 Å². The van der Waals surface area contributed by atoms with Gasteiger partial charge in [-0.1, -0.05) is 44.9 Å². The van der Waals surface area contributed by atoms with Crippen LogP contribution >= 0.6 is 0 Å². The number of rotatable bonds is 6. The number of carbonyl (C=O) groups is 1. The van der Waals surface area contributed by atoms with E-state index < -0.39 is 5.97 Å². The van der Waals surface area contributed by atoms with Gasteiger partial charge in [0.1, 0.15) is 5.97 Å². The summed E-state index contributed by atoms with van der Waals surface area (Å²) in [7, 11) is 0. The standard InChI is InChI=1S/C13H18O2/c1-2-3-4-5-6-7-8-9-10-11-12-13(14)15/h2-8H2,1H3,(H,14,15)/p-1. The molecule has 0 aromatic heterocycles. The van der Waals surface area contributed by atoms with Gasteiger partial charge in [-0.25, -0.2) is 0 Å². The maximum Gasteiger partial charge on any atom is 0.117 e. The highest BCUT2D eigenvalue weighted by Crippen LogP contribution is 2.05. The molecule has 0 heterocycles. The van der Waals surface area contributed by atoms with Gasteiger partial charge in [0.05, 0.1) is 0 Å². The Morgan fingerprint density at radius 2 is 1.73 bits per heavy atom. The smallest absolute Gasteiger partial charge is 0.117 e. The van der Waals surface area contributed by atoms with Gasteiger partial charge in [-0.3, -0.25) is 0 Å². The fourth-order valence-corrected chi connectivity index (χ4v) is 1.18. The van der Waals surface area contributed by atoms with Crippen molar-refractivity contribution in [2.24, 2.45) is 0 Å². The second kappa shape index (κ2) is 10.7. The Morgan fingerprint density at radius 1 is 1.07 bits per heavy atom. The second-order valence-corrected chi connectivity index (χ2v) is 3.36. The molecule has 0 saturated heterocycles. The summed E-state index contributed by atoms with van der Waals surface area (Å²) in [5.41, 5.74) is 0. The van der Waals surface area contributed by atoms with Gasteiger partial charge >= 0.3 is 0 Å². The summed E-state index contributed by atoms with van der Waals surface area (Å²) in [4.78, 5) is 9.88. The molecule has 0 atom stereocenters. The lowest BCUT2D eigenvalue weighted by Gasteiger charge is -1.96. The number of hydrogen-bond acceptors (Lipinski definition) is 2. The van der Waals surface area contributed by atoms with Crippen LogP contribution in [0, 0.1) is 23.7 Å². The molecule has 0 rings (SSSR count). The van der Waals surface area contributed by atoms with E-state index in [-0.39, 0.29) is 0 Å². The average molecular weight is 205 g/mol. The summed E-state index contributed by atoms with van der Waals surface area (Å²) in [6.45, 7) is 2.20. The van der Waals surface area contributed by atoms with Crippen molar-refractivity contribution in [3.05, 3.63) is 0 Å². The fraction of sp³-hybridized carbons (Fsp3) is 0.615. The van der Waals surface area contributed by atoms with Crippen molar-refractivity contribution in [2.75, 3.05) is 0 Å². The van der Waals surface area contributed by atoms with E-state index in [1.807, 2.05) is 5.92 Å². The molecule has 0 amide bonds. The minimum atomic E-state index is -1.37. The van der Waals surface area contributed by atoms with Crippen molar-refractivity contribution >= 4 is 5.97 Å². The molecule has 0 spiro atoms. The molecule has 0 aliphatic rings. The van der Waals surface area contributed by atoms with Gasteiger partial charge in [-0.05, 0) is 24.2 Å². The largest absolute Gasteiger partial charge is 0.537 e. The Hall–Kier alpha value is -1.41. The number of aliphatic carboxylic acids is 1. The fourth-order valence-electron chi connectivity index (χ4n) is 1.18. The van der Waals surface area contributed by atoms with Gasteiger partial charge in [-0.2, -0.15) is 0 Å². The molecule has 0 bridgehead atoms. The summed E-state index contributed by atoms with van der Waals surface area (Å²) in [5, 5.41) is 9.88. The summed E-state index contributed by atoms with van der Waals surface area (Å²) < 4.78 is 0. The first kappa shape index (κ1) is 13.6. The maximum atomic E-state index is 9.88. The van der Waals surface area contributed by atoms with Crippen LogP contribution in [-0.4, -0.2) is 5.97 Å². The van der Waals surface area contributed by atoms with Gasteiger partial charge < -0.3 is 9.90 Å². The van der Waals surface area contributed by atoms with Crippen molar-refractivity contribution < 1.29 is 9.90 Å². The van der Waals surface area contributed by atoms with E-state index in [2.05, 4.69) is 24.7 Å². The summed E-state index contributed by atoms with van der Waals surface area (Å²) >= 11 is 0. The Morgan fingerprint density at radius 3 is 2.40 bits per heavy atom. The van der Waals surface area contributed by atoms with Gasteiger partial charge in [0.25, 0.3) is 0 Å². The lowest BCUT2D eigenvalue weighted by molar-refractivity contribution is -0.295. The third kappa shape index (κ3) is 12.6. The SMILES string of the molecule is CCCCCCCCC#CC#CC(=O)[O-]. The first-order valence-corrected chi connectivity index (χ1v) is 5.47. The molecule has 0 N–H and O–H groups in total. The summed E-state index contributed by atoms with van der Waals surface area (Å²) in [6.07, 6.45) is 8.20. The molecule has 2 nitrogen and oxygen atoms in total. The molecule has 82 valence electrons. The van der Waals surface area contributed by atoms with Crippen LogP contribution in [0.4, 0.5) is 0 Å². The topological polar surface area (TPSA) is 40.1 Å². The first-order chi connectivity index (χ1) is 7.27. The average Bonchev–Trinajstić information content (AvgIpc) is 2.20. The predicted octanol–water partition coefficient (Wildman–Crippen LogP) is 1.49. The van der Waals surface area contributed by atoms with Crippen LogP contribution < -0.4 is 5.11 Å². The lowest BCUT2D eigenvalue weighted by atomic mass is 10.1. The van der Waals surface area contributed by atoms with Crippen LogP contribution in [0.1, 0.15) is 51.9 Å². The lowest BCUT2D eigenvalue weighted by Crippen LogP contribution is -2.19. The molecular formula is C13H17O2-. The summed E-state index contributed by atoms with van der Waals surface area (Å²) in [6, 6.07) is 0. The molecule has 0 aromatic rings. The number of carbonyl (C=O) groups excluding carboxylic acids is 1. The molecule has 0 fully saturated rings. The molecule has 0 aliphatic carbocycles. The number of carboxylic acid groups (broad SMARTS) is 1. The van der Waals surface area contributed by atoms with E-state index in [0.29, 0.717) is 0 Å². The molecular weight excluding hydrogens is 188 g/mol. The maximum absolute atomic E-state index is 9.88. The normalized spacial score (nSPS) is 8.33. The molecule has 0 aromatic carbocycles. The van der Waals surface area contributed by atoms with Crippen molar-refractivity contribution in [1.82, 2.24) is 0 Å². The Bertz CT molecular complexity index is 283. The van der Waals surface area contributed by atoms with Crippen molar-refractivity contribution in [2.45, 2.75) is 51.9 Å². The van der Waals surface area contributed by atoms with E-state index in [9.17, 15) is 9.90 Å².